The Morgan fingerprint density at radius 3 is 2.56 bits per heavy atom. The number of sulfonamides is 1. The van der Waals surface area contributed by atoms with Crippen LogP contribution in [0.25, 0.3) is 0 Å². The van der Waals surface area contributed by atoms with E-state index in [0.717, 1.165) is 27.9 Å². The van der Waals surface area contributed by atoms with Crippen LogP contribution in [0, 0.1) is 12.7 Å². The van der Waals surface area contributed by atoms with Crippen LogP contribution in [-0.4, -0.2) is 41.1 Å². The lowest BCUT2D eigenvalue weighted by molar-refractivity contribution is -0.113. The van der Waals surface area contributed by atoms with Gasteiger partial charge in [-0.05, 0) is 48.9 Å². The Kier molecular flexibility index (Phi) is 7.42. The van der Waals surface area contributed by atoms with E-state index >= 15 is 0 Å². The van der Waals surface area contributed by atoms with Gasteiger partial charge in [0.25, 0.3) is 0 Å². The molecule has 0 unspecified atom stereocenters. The highest BCUT2D eigenvalue weighted by Gasteiger charge is 2.22. The molecular weight excluding hydrogens is 477 g/mol. The van der Waals surface area contributed by atoms with Gasteiger partial charge in [-0.25, -0.2) is 12.8 Å². The van der Waals surface area contributed by atoms with Crippen LogP contribution in [-0.2, 0) is 28.4 Å². The lowest BCUT2D eigenvalue weighted by Gasteiger charge is -2.21. The molecule has 3 aromatic rings. The SMILES string of the molecule is Cc1c(Cl)cccc1NC(=O)CSc1nnc(CN(c2ccc(F)cc2)S(C)(=O)=O)n1C. The van der Waals surface area contributed by atoms with Crippen molar-refractivity contribution in [3.05, 3.63) is 64.7 Å². The first-order chi connectivity index (χ1) is 15.1. The summed E-state index contributed by atoms with van der Waals surface area (Å²) < 4.78 is 40.5. The molecule has 170 valence electrons. The van der Waals surface area contributed by atoms with Gasteiger partial charge < -0.3 is 9.88 Å². The van der Waals surface area contributed by atoms with E-state index in [1.54, 1.807) is 29.8 Å². The number of amides is 1. The third kappa shape index (κ3) is 5.78. The highest BCUT2D eigenvalue weighted by atomic mass is 35.5. The summed E-state index contributed by atoms with van der Waals surface area (Å²) in [6.45, 7) is 1.72. The summed E-state index contributed by atoms with van der Waals surface area (Å²) >= 11 is 7.24. The van der Waals surface area contributed by atoms with Crippen molar-refractivity contribution in [1.82, 2.24) is 14.8 Å². The molecule has 2 aromatic carbocycles. The summed E-state index contributed by atoms with van der Waals surface area (Å²) in [6, 6.07) is 10.4. The van der Waals surface area contributed by atoms with Crippen LogP contribution < -0.4 is 9.62 Å². The van der Waals surface area contributed by atoms with Crippen molar-refractivity contribution >= 4 is 50.7 Å². The first-order valence-corrected chi connectivity index (χ1v) is 12.6. The van der Waals surface area contributed by atoms with Gasteiger partial charge in [0.1, 0.15) is 5.82 Å². The summed E-state index contributed by atoms with van der Waals surface area (Å²) in [4.78, 5) is 12.3. The Morgan fingerprint density at radius 2 is 1.91 bits per heavy atom. The molecule has 0 aliphatic carbocycles. The van der Waals surface area contributed by atoms with Gasteiger partial charge in [-0.1, -0.05) is 29.4 Å². The van der Waals surface area contributed by atoms with Gasteiger partial charge in [0.2, 0.25) is 15.9 Å². The standard InChI is InChI=1S/C20H21ClFN5O3S2/c1-13-16(21)5-4-6-17(13)23-19(28)12-31-20-25-24-18(26(20)2)11-27(32(3,29)30)15-9-7-14(22)8-10-15/h4-10H,11-12H2,1-3H3,(H,23,28). The highest BCUT2D eigenvalue weighted by Crippen LogP contribution is 2.25. The van der Waals surface area contributed by atoms with Crippen LogP contribution >= 0.6 is 23.4 Å². The number of halogens is 2. The van der Waals surface area contributed by atoms with E-state index in [9.17, 15) is 17.6 Å². The lowest BCUT2D eigenvalue weighted by atomic mass is 10.2. The zero-order valence-corrected chi connectivity index (χ0v) is 19.9. The monoisotopic (exact) mass is 497 g/mol. The van der Waals surface area contributed by atoms with Crippen molar-refractivity contribution < 1.29 is 17.6 Å². The fourth-order valence-electron chi connectivity index (χ4n) is 2.80. The second-order valence-corrected chi connectivity index (χ2v) is 10.2. The minimum absolute atomic E-state index is 0.0751. The van der Waals surface area contributed by atoms with Gasteiger partial charge in [0.15, 0.2) is 11.0 Å². The maximum Gasteiger partial charge on any atom is 0.234 e. The topological polar surface area (TPSA) is 97.2 Å². The van der Waals surface area contributed by atoms with E-state index in [1.165, 1.54) is 24.3 Å². The number of rotatable bonds is 8. The molecule has 0 saturated heterocycles. The largest absolute Gasteiger partial charge is 0.325 e. The van der Waals surface area contributed by atoms with Crippen molar-refractivity contribution in [1.29, 1.82) is 0 Å². The Morgan fingerprint density at radius 1 is 1.22 bits per heavy atom. The van der Waals surface area contributed by atoms with Crippen LogP contribution in [0.15, 0.2) is 47.6 Å². The van der Waals surface area contributed by atoms with Crippen LogP contribution in [0.4, 0.5) is 15.8 Å². The molecule has 0 bridgehead atoms. The molecule has 8 nitrogen and oxygen atoms in total. The Hall–Kier alpha value is -2.63. The molecule has 0 aliphatic heterocycles. The number of carbonyl (C=O) groups is 1. The van der Waals surface area contributed by atoms with Crippen molar-refractivity contribution in [3.63, 3.8) is 0 Å². The number of nitrogens with one attached hydrogen (secondary N) is 1. The number of benzene rings is 2. The van der Waals surface area contributed by atoms with Crippen LogP contribution in [0.5, 0.6) is 0 Å². The summed E-state index contributed by atoms with van der Waals surface area (Å²) in [5, 5.41) is 11.9. The normalized spacial score (nSPS) is 11.4. The molecule has 0 fully saturated rings. The second kappa shape index (κ2) is 9.88. The van der Waals surface area contributed by atoms with Crippen LogP contribution in [0.3, 0.4) is 0 Å². The number of aromatic nitrogens is 3. The lowest BCUT2D eigenvalue weighted by Crippen LogP contribution is -2.30. The summed E-state index contributed by atoms with van der Waals surface area (Å²) in [6.07, 6.45) is 1.06. The van der Waals surface area contributed by atoms with Crippen LogP contribution in [0.1, 0.15) is 11.4 Å². The first-order valence-electron chi connectivity index (χ1n) is 9.35. The third-order valence-electron chi connectivity index (χ3n) is 4.60. The number of anilines is 2. The molecule has 1 heterocycles. The molecule has 3 rings (SSSR count). The molecule has 1 amide bonds. The maximum atomic E-state index is 13.2. The molecule has 1 N–H and O–H groups in total. The number of carbonyl (C=O) groups excluding carboxylic acids is 1. The Labute approximate surface area is 194 Å². The van der Waals surface area contributed by atoms with Gasteiger partial charge in [-0.15, -0.1) is 10.2 Å². The van der Waals surface area contributed by atoms with Gasteiger partial charge in [0, 0.05) is 17.8 Å². The van der Waals surface area contributed by atoms with Gasteiger partial charge in [-0.2, -0.15) is 0 Å². The van der Waals surface area contributed by atoms with Crippen molar-refractivity contribution in [2.24, 2.45) is 7.05 Å². The van der Waals surface area contributed by atoms with Gasteiger partial charge in [0.05, 0.1) is 24.2 Å². The molecule has 0 aliphatic rings. The van der Waals surface area contributed by atoms with Crippen molar-refractivity contribution in [2.45, 2.75) is 18.6 Å². The summed E-state index contributed by atoms with van der Waals surface area (Å²) in [5.41, 5.74) is 1.71. The molecule has 1 aromatic heterocycles. The molecule has 0 radical (unpaired) electrons. The van der Waals surface area contributed by atoms with Crippen LogP contribution in [0.2, 0.25) is 5.02 Å². The van der Waals surface area contributed by atoms with Gasteiger partial charge >= 0.3 is 0 Å². The number of hydrogen-bond donors (Lipinski definition) is 1. The molecule has 0 saturated carbocycles. The Bertz CT molecular complexity index is 1230. The van der Waals surface area contributed by atoms with E-state index in [-0.39, 0.29) is 18.2 Å². The van der Waals surface area contributed by atoms with E-state index in [2.05, 4.69) is 15.5 Å². The van der Waals surface area contributed by atoms with Crippen molar-refractivity contribution in [2.75, 3.05) is 21.6 Å². The predicted molar refractivity (Wildman–Crippen MR) is 124 cm³/mol. The van der Waals surface area contributed by atoms with E-state index in [1.807, 2.05) is 6.92 Å². The molecule has 12 heteroatoms. The number of thioether (sulfide) groups is 1. The molecule has 0 spiro atoms. The van der Waals surface area contributed by atoms with Crippen molar-refractivity contribution in [3.8, 4) is 0 Å². The Balaban J connectivity index is 1.69. The van der Waals surface area contributed by atoms with Gasteiger partial charge in [-0.3, -0.25) is 9.10 Å². The zero-order valence-electron chi connectivity index (χ0n) is 17.5. The average Bonchev–Trinajstić information content (AvgIpc) is 3.07. The number of nitrogens with zero attached hydrogens (tertiary/aromatic N) is 4. The quantitative estimate of drug-likeness (QED) is 0.477. The fourth-order valence-corrected chi connectivity index (χ4v) is 4.56. The smallest absolute Gasteiger partial charge is 0.234 e. The van der Waals surface area contributed by atoms with E-state index < -0.39 is 15.8 Å². The summed E-state index contributed by atoms with van der Waals surface area (Å²) in [5.74, 6) is -0.265. The second-order valence-electron chi connectivity index (χ2n) is 6.95. The maximum absolute atomic E-state index is 13.2. The van der Waals surface area contributed by atoms with E-state index in [0.29, 0.717) is 27.4 Å². The third-order valence-corrected chi connectivity index (χ3v) is 7.17. The van der Waals surface area contributed by atoms with E-state index in [4.69, 9.17) is 11.6 Å². The minimum Gasteiger partial charge on any atom is -0.325 e. The first kappa shape index (κ1) is 24.0. The molecule has 0 atom stereocenters. The highest BCUT2D eigenvalue weighted by molar-refractivity contribution is 7.99. The molecular formula is C20H21ClFN5O3S2. The number of hydrogen-bond acceptors (Lipinski definition) is 6. The molecule has 32 heavy (non-hydrogen) atoms. The predicted octanol–water partition coefficient (Wildman–Crippen LogP) is 3.61. The zero-order chi connectivity index (χ0) is 23.5. The fraction of sp³-hybridized carbons (Fsp3) is 0.250. The average molecular weight is 498 g/mol. The summed E-state index contributed by atoms with van der Waals surface area (Å²) in [7, 11) is -1.97. The minimum atomic E-state index is -3.66.